The minimum atomic E-state index is -0.881. The summed E-state index contributed by atoms with van der Waals surface area (Å²) in [4.78, 5) is 12.1. The fourth-order valence-corrected chi connectivity index (χ4v) is 2.85. The van der Waals surface area contributed by atoms with Crippen molar-refractivity contribution in [2.75, 3.05) is 0 Å². The summed E-state index contributed by atoms with van der Waals surface area (Å²) in [5, 5.41) is 10.7. The van der Waals surface area contributed by atoms with Crippen LogP contribution in [-0.4, -0.2) is 22.3 Å². The molecular formula is C16H30O3. The Balaban J connectivity index is 2.62. The lowest BCUT2D eigenvalue weighted by atomic mass is 9.70. The molecule has 1 aliphatic carbocycles. The summed E-state index contributed by atoms with van der Waals surface area (Å²) in [5.74, 6) is 0.602. The highest BCUT2D eigenvalue weighted by atomic mass is 16.6. The van der Waals surface area contributed by atoms with Gasteiger partial charge in [-0.15, -0.1) is 0 Å². The number of ether oxygens (including phenoxy) is 1. The van der Waals surface area contributed by atoms with E-state index in [0.29, 0.717) is 24.7 Å². The van der Waals surface area contributed by atoms with Crippen molar-refractivity contribution in [1.82, 2.24) is 0 Å². The van der Waals surface area contributed by atoms with Crippen molar-refractivity contribution in [3.8, 4) is 0 Å². The van der Waals surface area contributed by atoms with Gasteiger partial charge < -0.3 is 9.84 Å². The summed E-state index contributed by atoms with van der Waals surface area (Å²) in [7, 11) is 0. The smallest absolute Gasteiger partial charge is 0.312 e. The second-order valence-electron chi connectivity index (χ2n) is 7.44. The van der Waals surface area contributed by atoms with Gasteiger partial charge in [-0.05, 0) is 65.2 Å². The Bertz CT molecular complexity index is 306. The first kappa shape index (κ1) is 16.5. The molecule has 112 valence electrons. The highest BCUT2D eigenvalue weighted by Gasteiger charge is 2.43. The standard InChI is InChI=1S/C16H30O3/c1-11(2)13-7-9-16(18,10-8-13)12(3)14(17)19-15(4,5)6/h11-13,18H,7-10H2,1-6H3. The van der Waals surface area contributed by atoms with Gasteiger partial charge in [-0.3, -0.25) is 4.79 Å². The van der Waals surface area contributed by atoms with Gasteiger partial charge in [0.25, 0.3) is 0 Å². The third-order valence-corrected chi connectivity index (χ3v) is 4.41. The number of carbonyl (C=O) groups is 1. The molecule has 3 nitrogen and oxygen atoms in total. The molecule has 3 heteroatoms. The van der Waals surface area contributed by atoms with Crippen LogP contribution in [0, 0.1) is 17.8 Å². The van der Waals surface area contributed by atoms with Gasteiger partial charge in [0.2, 0.25) is 0 Å². The molecule has 0 aromatic heterocycles. The van der Waals surface area contributed by atoms with Crippen molar-refractivity contribution in [3.63, 3.8) is 0 Å². The fraction of sp³-hybridized carbons (Fsp3) is 0.938. The van der Waals surface area contributed by atoms with Crippen LogP contribution in [0.5, 0.6) is 0 Å². The second kappa shape index (κ2) is 5.82. The molecular weight excluding hydrogens is 240 g/mol. The molecule has 0 aromatic carbocycles. The van der Waals surface area contributed by atoms with Crippen LogP contribution < -0.4 is 0 Å². The zero-order valence-electron chi connectivity index (χ0n) is 13.3. The van der Waals surface area contributed by atoms with E-state index >= 15 is 0 Å². The van der Waals surface area contributed by atoms with E-state index < -0.39 is 17.1 Å². The summed E-state index contributed by atoms with van der Waals surface area (Å²) in [5.41, 5.74) is -1.37. The van der Waals surface area contributed by atoms with Crippen LogP contribution in [0.2, 0.25) is 0 Å². The fourth-order valence-electron chi connectivity index (χ4n) is 2.85. The lowest BCUT2D eigenvalue weighted by Gasteiger charge is -2.41. The summed E-state index contributed by atoms with van der Waals surface area (Å²) < 4.78 is 5.39. The van der Waals surface area contributed by atoms with Gasteiger partial charge in [0.15, 0.2) is 0 Å². The Labute approximate surface area is 117 Å². The SMILES string of the molecule is CC(C)C1CCC(O)(C(C)C(=O)OC(C)(C)C)CC1. The second-order valence-corrected chi connectivity index (χ2v) is 7.44. The van der Waals surface area contributed by atoms with Crippen LogP contribution in [-0.2, 0) is 9.53 Å². The van der Waals surface area contributed by atoms with Crippen molar-refractivity contribution in [2.24, 2.45) is 17.8 Å². The molecule has 0 aromatic rings. The van der Waals surface area contributed by atoms with Crippen molar-refractivity contribution in [3.05, 3.63) is 0 Å². The van der Waals surface area contributed by atoms with Crippen molar-refractivity contribution < 1.29 is 14.6 Å². The Kier molecular flexibility index (Phi) is 5.05. The van der Waals surface area contributed by atoms with E-state index in [9.17, 15) is 9.90 Å². The molecule has 1 atom stereocenters. The molecule has 0 amide bonds. The molecule has 1 fully saturated rings. The van der Waals surface area contributed by atoms with Gasteiger partial charge in [0.05, 0.1) is 11.5 Å². The molecule has 0 saturated heterocycles. The van der Waals surface area contributed by atoms with Gasteiger partial charge in [0, 0.05) is 0 Å². The van der Waals surface area contributed by atoms with E-state index in [2.05, 4.69) is 13.8 Å². The van der Waals surface area contributed by atoms with Crippen LogP contribution in [0.1, 0.15) is 67.2 Å². The molecule has 1 saturated carbocycles. The largest absolute Gasteiger partial charge is 0.460 e. The molecule has 1 aliphatic rings. The van der Waals surface area contributed by atoms with Gasteiger partial charge >= 0.3 is 5.97 Å². The van der Waals surface area contributed by atoms with Crippen LogP contribution in [0.4, 0.5) is 0 Å². The topological polar surface area (TPSA) is 46.5 Å². The first-order valence-corrected chi connectivity index (χ1v) is 7.50. The van der Waals surface area contributed by atoms with Crippen LogP contribution in [0.25, 0.3) is 0 Å². The molecule has 1 unspecified atom stereocenters. The quantitative estimate of drug-likeness (QED) is 0.798. The third kappa shape index (κ3) is 4.48. The van der Waals surface area contributed by atoms with Gasteiger partial charge in [-0.25, -0.2) is 0 Å². The maximum atomic E-state index is 12.1. The van der Waals surface area contributed by atoms with Gasteiger partial charge in [-0.1, -0.05) is 13.8 Å². The van der Waals surface area contributed by atoms with Crippen molar-refractivity contribution >= 4 is 5.97 Å². The zero-order valence-corrected chi connectivity index (χ0v) is 13.3. The van der Waals surface area contributed by atoms with Crippen molar-refractivity contribution in [2.45, 2.75) is 78.4 Å². The van der Waals surface area contributed by atoms with E-state index in [1.807, 2.05) is 20.8 Å². The third-order valence-electron chi connectivity index (χ3n) is 4.41. The van der Waals surface area contributed by atoms with Gasteiger partial charge in [-0.2, -0.15) is 0 Å². The summed E-state index contributed by atoms with van der Waals surface area (Å²) in [6.45, 7) is 11.8. The lowest BCUT2D eigenvalue weighted by Crippen LogP contribution is -2.46. The monoisotopic (exact) mass is 270 g/mol. The number of esters is 1. The van der Waals surface area contributed by atoms with E-state index in [1.165, 1.54) is 0 Å². The van der Waals surface area contributed by atoms with E-state index in [-0.39, 0.29) is 5.97 Å². The summed E-state index contributed by atoms with van der Waals surface area (Å²) >= 11 is 0. The number of hydrogen-bond acceptors (Lipinski definition) is 3. The molecule has 0 radical (unpaired) electrons. The molecule has 0 bridgehead atoms. The summed E-state index contributed by atoms with van der Waals surface area (Å²) in [6, 6.07) is 0. The predicted molar refractivity (Wildman–Crippen MR) is 76.8 cm³/mol. The Morgan fingerprint density at radius 3 is 2.05 bits per heavy atom. The summed E-state index contributed by atoms with van der Waals surface area (Å²) in [6.07, 6.45) is 3.41. The Hall–Kier alpha value is -0.570. The molecule has 1 rings (SSSR count). The highest BCUT2D eigenvalue weighted by molar-refractivity contribution is 5.73. The Morgan fingerprint density at radius 1 is 1.21 bits per heavy atom. The van der Waals surface area contributed by atoms with Crippen molar-refractivity contribution in [1.29, 1.82) is 0 Å². The number of hydrogen-bond donors (Lipinski definition) is 1. The number of rotatable bonds is 3. The van der Waals surface area contributed by atoms with Crippen LogP contribution >= 0.6 is 0 Å². The van der Waals surface area contributed by atoms with E-state index in [1.54, 1.807) is 6.92 Å². The minimum Gasteiger partial charge on any atom is -0.460 e. The first-order chi connectivity index (χ1) is 8.55. The number of carbonyl (C=O) groups excluding carboxylic acids is 1. The highest BCUT2D eigenvalue weighted by Crippen LogP contribution is 2.40. The normalized spacial score (nSPS) is 30.2. The average Bonchev–Trinajstić information content (AvgIpc) is 2.26. The first-order valence-electron chi connectivity index (χ1n) is 7.50. The van der Waals surface area contributed by atoms with Gasteiger partial charge in [0.1, 0.15) is 5.60 Å². The predicted octanol–water partition coefficient (Wildman–Crippen LogP) is 3.54. The van der Waals surface area contributed by atoms with E-state index in [0.717, 1.165) is 12.8 Å². The van der Waals surface area contributed by atoms with Crippen LogP contribution in [0.3, 0.4) is 0 Å². The zero-order chi connectivity index (χ0) is 14.8. The maximum Gasteiger partial charge on any atom is 0.312 e. The molecule has 0 spiro atoms. The lowest BCUT2D eigenvalue weighted by molar-refractivity contribution is -0.172. The molecule has 19 heavy (non-hydrogen) atoms. The number of aliphatic hydroxyl groups is 1. The average molecular weight is 270 g/mol. The maximum absolute atomic E-state index is 12.1. The minimum absolute atomic E-state index is 0.280. The van der Waals surface area contributed by atoms with E-state index in [4.69, 9.17) is 4.74 Å². The molecule has 1 N–H and O–H groups in total. The Morgan fingerprint density at radius 2 is 1.68 bits per heavy atom. The molecule has 0 aliphatic heterocycles. The molecule has 0 heterocycles. The van der Waals surface area contributed by atoms with Crippen LogP contribution in [0.15, 0.2) is 0 Å².